The van der Waals surface area contributed by atoms with E-state index in [0.717, 1.165) is 25.7 Å². The van der Waals surface area contributed by atoms with Gasteiger partial charge in [0.1, 0.15) is 5.54 Å². The molecule has 0 aromatic carbocycles. The maximum absolute atomic E-state index is 12.3. The number of nitriles is 1. The van der Waals surface area contributed by atoms with E-state index in [1.54, 1.807) is 11.6 Å². The first-order valence-corrected chi connectivity index (χ1v) is 7.89. The van der Waals surface area contributed by atoms with Crippen molar-refractivity contribution in [2.75, 3.05) is 0 Å². The van der Waals surface area contributed by atoms with Crippen molar-refractivity contribution < 1.29 is 8.42 Å². The largest absolute Gasteiger partial charge is 0.339 e. The Bertz CT molecular complexity index is 577. The quantitative estimate of drug-likeness (QED) is 0.847. The fraction of sp³-hybridized carbons (Fsp3) is 0.667. The molecular formula is C12H18N4O2S. The highest BCUT2D eigenvalue weighted by atomic mass is 32.2. The van der Waals surface area contributed by atoms with Gasteiger partial charge in [-0.25, -0.2) is 13.4 Å². The van der Waals surface area contributed by atoms with E-state index in [0.29, 0.717) is 12.8 Å². The van der Waals surface area contributed by atoms with Crippen molar-refractivity contribution in [2.24, 2.45) is 7.05 Å². The zero-order chi connectivity index (χ0) is 13.9. The van der Waals surface area contributed by atoms with Crippen LogP contribution in [0.15, 0.2) is 17.6 Å². The van der Waals surface area contributed by atoms with Crippen LogP contribution in [0.25, 0.3) is 0 Å². The van der Waals surface area contributed by atoms with Crippen LogP contribution in [0.4, 0.5) is 0 Å². The Morgan fingerprint density at radius 2 is 2.00 bits per heavy atom. The fourth-order valence-electron chi connectivity index (χ4n) is 2.41. The number of rotatable bonds is 3. The molecule has 0 amide bonds. The monoisotopic (exact) mass is 282 g/mol. The summed E-state index contributed by atoms with van der Waals surface area (Å²) in [6.07, 6.45) is 7.84. The van der Waals surface area contributed by atoms with Crippen LogP contribution in [0.5, 0.6) is 0 Å². The van der Waals surface area contributed by atoms with Crippen molar-refractivity contribution in [2.45, 2.75) is 49.1 Å². The Morgan fingerprint density at radius 1 is 1.37 bits per heavy atom. The first kappa shape index (κ1) is 14.0. The Balaban J connectivity index is 2.24. The molecule has 6 nitrogen and oxygen atoms in total. The lowest BCUT2D eigenvalue weighted by Crippen LogP contribution is -2.46. The highest BCUT2D eigenvalue weighted by molar-refractivity contribution is 7.89. The average molecular weight is 282 g/mol. The van der Waals surface area contributed by atoms with E-state index in [2.05, 4.69) is 15.8 Å². The topological polar surface area (TPSA) is 87.8 Å². The molecule has 0 atom stereocenters. The Kier molecular flexibility index (Phi) is 3.92. The van der Waals surface area contributed by atoms with Crippen molar-refractivity contribution in [1.29, 1.82) is 5.26 Å². The summed E-state index contributed by atoms with van der Waals surface area (Å²) in [5.74, 6) is 0. The molecule has 2 rings (SSSR count). The number of hydrogen-bond donors (Lipinski definition) is 1. The summed E-state index contributed by atoms with van der Waals surface area (Å²) < 4.78 is 28.6. The third-order valence-electron chi connectivity index (χ3n) is 3.46. The normalized spacial score (nSPS) is 19.6. The van der Waals surface area contributed by atoms with Crippen LogP contribution in [0.1, 0.15) is 38.5 Å². The zero-order valence-electron chi connectivity index (χ0n) is 11.0. The van der Waals surface area contributed by atoms with Crippen molar-refractivity contribution in [3.8, 4) is 6.07 Å². The molecule has 0 unspecified atom stereocenters. The molecule has 104 valence electrons. The number of nitrogens with one attached hydrogen (secondary N) is 1. The molecule has 1 aromatic rings. The first-order valence-electron chi connectivity index (χ1n) is 6.41. The average Bonchev–Trinajstić information content (AvgIpc) is 2.68. The summed E-state index contributed by atoms with van der Waals surface area (Å²) in [7, 11) is -2.02. The van der Waals surface area contributed by atoms with Crippen LogP contribution in [-0.2, 0) is 17.1 Å². The minimum atomic E-state index is -3.73. The van der Waals surface area contributed by atoms with Crippen molar-refractivity contribution in [1.82, 2.24) is 14.3 Å². The van der Waals surface area contributed by atoms with Crippen LogP contribution >= 0.6 is 0 Å². The Labute approximate surface area is 113 Å². The predicted molar refractivity (Wildman–Crippen MR) is 69.6 cm³/mol. The zero-order valence-corrected chi connectivity index (χ0v) is 11.8. The number of hydrogen-bond acceptors (Lipinski definition) is 4. The van der Waals surface area contributed by atoms with Crippen LogP contribution in [-0.4, -0.2) is 23.5 Å². The lowest BCUT2D eigenvalue weighted by atomic mass is 9.94. The summed E-state index contributed by atoms with van der Waals surface area (Å²) >= 11 is 0. The molecule has 0 bridgehead atoms. The second-order valence-corrected chi connectivity index (χ2v) is 6.72. The molecule has 1 aromatic heterocycles. The second kappa shape index (κ2) is 5.31. The van der Waals surface area contributed by atoms with Crippen molar-refractivity contribution in [3.63, 3.8) is 0 Å². The summed E-state index contributed by atoms with van der Waals surface area (Å²) in [6, 6.07) is 2.17. The van der Waals surface area contributed by atoms with Gasteiger partial charge >= 0.3 is 0 Å². The SMILES string of the molecule is Cn1cnc(S(=O)(=O)NC2(C#N)CCCCCC2)c1. The van der Waals surface area contributed by atoms with Crippen molar-refractivity contribution >= 4 is 10.0 Å². The molecule has 7 heteroatoms. The van der Waals surface area contributed by atoms with Gasteiger partial charge in [-0.05, 0) is 12.8 Å². The van der Waals surface area contributed by atoms with Crippen molar-refractivity contribution in [3.05, 3.63) is 12.5 Å². The third-order valence-corrected chi connectivity index (χ3v) is 4.88. The van der Waals surface area contributed by atoms with E-state index in [4.69, 9.17) is 0 Å². The molecule has 1 saturated carbocycles. The highest BCUT2D eigenvalue weighted by Gasteiger charge is 2.36. The van der Waals surface area contributed by atoms with E-state index in [1.165, 1.54) is 12.5 Å². The maximum Gasteiger partial charge on any atom is 0.260 e. The van der Waals surface area contributed by atoms with Gasteiger partial charge in [0.05, 0.1) is 12.4 Å². The third kappa shape index (κ3) is 3.14. The van der Waals surface area contributed by atoms with Gasteiger partial charge in [-0.15, -0.1) is 0 Å². The van der Waals surface area contributed by atoms with E-state index in [1.807, 2.05) is 0 Å². The summed E-state index contributed by atoms with van der Waals surface area (Å²) in [6.45, 7) is 0. The number of aromatic nitrogens is 2. The van der Waals surface area contributed by atoms with Crippen LogP contribution in [0.2, 0.25) is 0 Å². The maximum atomic E-state index is 12.3. The summed E-state index contributed by atoms with van der Waals surface area (Å²) in [5, 5.41) is 9.35. The molecule has 1 fully saturated rings. The van der Waals surface area contributed by atoms with Gasteiger partial charge in [0.25, 0.3) is 10.0 Å². The van der Waals surface area contributed by atoms with Crippen LogP contribution < -0.4 is 4.72 Å². The van der Waals surface area contributed by atoms with Gasteiger partial charge in [0.15, 0.2) is 5.03 Å². The number of aryl methyl sites for hydroxylation is 1. The molecule has 0 spiro atoms. The van der Waals surface area contributed by atoms with Gasteiger partial charge in [-0.2, -0.15) is 9.98 Å². The smallest absolute Gasteiger partial charge is 0.260 e. The van der Waals surface area contributed by atoms with Gasteiger partial charge in [0, 0.05) is 13.2 Å². The number of sulfonamides is 1. The van der Waals surface area contributed by atoms with E-state index < -0.39 is 15.6 Å². The van der Waals surface area contributed by atoms with E-state index in [-0.39, 0.29) is 5.03 Å². The molecular weight excluding hydrogens is 264 g/mol. The van der Waals surface area contributed by atoms with Gasteiger partial charge in [-0.3, -0.25) is 0 Å². The van der Waals surface area contributed by atoms with Gasteiger partial charge in [0.2, 0.25) is 0 Å². The predicted octanol–water partition coefficient (Wildman–Crippen LogP) is 1.31. The van der Waals surface area contributed by atoms with E-state index >= 15 is 0 Å². The molecule has 1 N–H and O–H groups in total. The Hall–Kier alpha value is -1.39. The minimum absolute atomic E-state index is 0.0335. The first-order chi connectivity index (χ1) is 8.97. The van der Waals surface area contributed by atoms with Crippen LogP contribution in [0, 0.1) is 11.3 Å². The summed E-state index contributed by atoms with van der Waals surface area (Å²) in [4.78, 5) is 3.84. The van der Waals surface area contributed by atoms with E-state index in [9.17, 15) is 13.7 Å². The molecule has 0 radical (unpaired) electrons. The second-order valence-electron chi connectivity index (χ2n) is 5.09. The molecule has 0 saturated heterocycles. The minimum Gasteiger partial charge on any atom is -0.339 e. The lowest BCUT2D eigenvalue weighted by Gasteiger charge is -2.25. The molecule has 19 heavy (non-hydrogen) atoms. The summed E-state index contributed by atoms with van der Waals surface area (Å²) in [5.41, 5.74) is -0.979. The molecule has 1 aliphatic carbocycles. The standard InChI is InChI=1S/C12H18N4O2S/c1-16-8-11(14-10-16)19(17,18)15-12(9-13)6-4-2-3-5-7-12/h8,10,15H,2-7H2,1H3. The molecule has 1 aliphatic rings. The van der Waals surface area contributed by atoms with Gasteiger partial charge < -0.3 is 4.57 Å². The highest BCUT2D eigenvalue weighted by Crippen LogP contribution is 2.28. The fourth-order valence-corrected chi connectivity index (χ4v) is 3.77. The lowest BCUT2D eigenvalue weighted by molar-refractivity contribution is 0.421. The molecule has 1 heterocycles. The molecule has 0 aliphatic heterocycles. The van der Waals surface area contributed by atoms with Gasteiger partial charge in [-0.1, -0.05) is 25.7 Å². The number of nitrogens with zero attached hydrogens (tertiary/aromatic N) is 3. The number of imidazole rings is 1. The van der Waals surface area contributed by atoms with Crippen LogP contribution in [0.3, 0.4) is 0 Å². The Morgan fingerprint density at radius 3 is 2.47 bits per heavy atom.